The van der Waals surface area contributed by atoms with Crippen LogP contribution in [0.15, 0.2) is 30.6 Å². The summed E-state index contributed by atoms with van der Waals surface area (Å²) in [5, 5.41) is 2.66. The van der Waals surface area contributed by atoms with Gasteiger partial charge in [0.2, 0.25) is 5.91 Å². The number of rotatable bonds is 3. The van der Waals surface area contributed by atoms with Crippen LogP contribution in [0.3, 0.4) is 0 Å². The summed E-state index contributed by atoms with van der Waals surface area (Å²) in [6.45, 7) is 3.99. The number of hydrogen-bond donors (Lipinski definition) is 1. The molecule has 4 rings (SSSR count). The molecule has 0 radical (unpaired) electrons. The molecule has 1 aliphatic carbocycles. The molecule has 1 aliphatic heterocycles. The molecular weight excluding hydrogens is 350 g/mol. The molecule has 2 fully saturated rings. The van der Waals surface area contributed by atoms with E-state index in [9.17, 15) is 13.2 Å². The Morgan fingerprint density at radius 1 is 1.23 bits per heavy atom. The van der Waals surface area contributed by atoms with Gasteiger partial charge in [0.1, 0.15) is 0 Å². The summed E-state index contributed by atoms with van der Waals surface area (Å²) in [5.74, 6) is 0.0841. The first kappa shape index (κ1) is 17.3. The molecule has 2 unspecified atom stereocenters. The van der Waals surface area contributed by atoms with Crippen molar-refractivity contribution in [3.8, 4) is 5.69 Å². The molecule has 1 aromatic carbocycles. The number of amides is 1. The second-order valence-electron chi connectivity index (χ2n) is 7.55. The van der Waals surface area contributed by atoms with E-state index in [0.717, 1.165) is 22.8 Å². The third kappa shape index (κ3) is 2.74. The van der Waals surface area contributed by atoms with Gasteiger partial charge >= 0.3 is 0 Å². The quantitative estimate of drug-likeness (QED) is 0.897. The zero-order chi connectivity index (χ0) is 18.5. The molecule has 1 N–H and O–H groups in total. The summed E-state index contributed by atoms with van der Waals surface area (Å²) in [5.41, 5.74) is 3.28. The summed E-state index contributed by atoms with van der Waals surface area (Å²) in [6, 6.07) is 7.66. The van der Waals surface area contributed by atoms with Crippen LogP contribution in [0, 0.1) is 19.3 Å². The summed E-state index contributed by atoms with van der Waals surface area (Å²) >= 11 is 0. The number of fused-ring (bicyclic) bond motifs is 2. The Kier molecular flexibility index (Phi) is 3.95. The number of carbonyl (C=O) groups excluding carboxylic acids is 1. The van der Waals surface area contributed by atoms with Crippen LogP contribution in [-0.2, 0) is 14.6 Å². The minimum absolute atomic E-state index is 0.0442. The van der Waals surface area contributed by atoms with E-state index >= 15 is 0 Å². The molecule has 2 aromatic rings. The number of carbonyl (C=O) groups is 1. The van der Waals surface area contributed by atoms with E-state index in [-0.39, 0.29) is 16.9 Å². The second-order valence-corrected chi connectivity index (χ2v) is 9.95. The van der Waals surface area contributed by atoms with Crippen LogP contribution in [0.1, 0.15) is 37.1 Å². The molecule has 1 aromatic heterocycles. The van der Waals surface area contributed by atoms with Crippen molar-refractivity contribution in [3.63, 3.8) is 0 Å². The molecule has 2 bridgehead atoms. The largest absolute Gasteiger partial charge is 0.326 e. The minimum Gasteiger partial charge on any atom is -0.326 e. The Labute approximate surface area is 153 Å². The molecule has 7 heteroatoms. The lowest BCUT2D eigenvalue weighted by molar-refractivity contribution is -0.125. The molecule has 2 heterocycles. The van der Waals surface area contributed by atoms with Crippen LogP contribution in [0.4, 0.5) is 5.69 Å². The lowest BCUT2D eigenvalue weighted by Crippen LogP contribution is -2.41. The van der Waals surface area contributed by atoms with E-state index in [1.807, 2.05) is 42.7 Å². The number of sulfone groups is 1. The van der Waals surface area contributed by atoms with Crippen molar-refractivity contribution >= 4 is 21.4 Å². The normalized spacial score (nSPS) is 26.6. The highest BCUT2D eigenvalue weighted by molar-refractivity contribution is 7.92. The van der Waals surface area contributed by atoms with Crippen molar-refractivity contribution in [3.05, 3.63) is 42.0 Å². The Morgan fingerprint density at radius 3 is 2.62 bits per heavy atom. The van der Waals surface area contributed by atoms with Crippen molar-refractivity contribution in [1.82, 2.24) is 9.55 Å². The van der Waals surface area contributed by atoms with Gasteiger partial charge in [-0.05, 0) is 63.8 Å². The maximum absolute atomic E-state index is 12.8. The monoisotopic (exact) mass is 373 g/mol. The molecule has 2 aliphatic rings. The van der Waals surface area contributed by atoms with Crippen molar-refractivity contribution in [2.24, 2.45) is 5.41 Å². The van der Waals surface area contributed by atoms with Gasteiger partial charge in [0.15, 0.2) is 9.84 Å². The third-order valence-corrected chi connectivity index (χ3v) is 8.26. The summed E-state index contributed by atoms with van der Waals surface area (Å²) in [7, 11) is -3.00. The van der Waals surface area contributed by atoms with Crippen LogP contribution < -0.4 is 5.32 Å². The molecule has 1 saturated heterocycles. The van der Waals surface area contributed by atoms with E-state index in [4.69, 9.17) is 0 Å². The molecule has 1 amide bonds. The van der Waals surface area contributed by atoms with E-state index < -0.39 is 15.3 Å². The Morgan fingerprint density at radius 2 is 1.96 bits per heavy atom. The molecule has 1 saturated carbocycles. The number of benzene rings is 1. The lowest BCUT2D eigenvalue weighted by Gasteiger charge is -2.31. The number of nitrogens with one attached hydrogen (secondary N) is 1. The summed E-state index contributed by atoms with van der Waals surface area (Å²) in [6.07, 6.45) is 3.95. The van der Waals surface area contributed by atoms with Gasteiger partial charge in [-0.15, -0.1) is 0 Å². The molecule has 26 heavy (non-hydrogen) atoms. The topological polar surface area (TPSA) is 81.1 Å². The zero-order valence-corrected chi connectivity index (χ0v) is 15.8. The van der Waals surface area contributed by atoms with Gasteiger partial charge in [-0.1, -0.05) is 0 Å². The van der Waals surface area contributed by atoms with Crippen LogP contribution in [0.2, 0.25) is 0 Å². The van der Waals surface area contributed by atoms with E-state index in [0.29, 0.717) is 25.7 Å². The number of aryl methyl sites for hydroxylation is 1. The fourth-order valence-corrected chi connectivity index (χ4v) is 6.22. The SMILES string of the molecule is Cc1ncn(-c2ccc(NC(=O)C34CCC(C3)S(=O)(=O)CC4)cc2)c1C. The average molecular weight is 373 g/mol. The number of nitrogens with zero attached hydrogens (tertiary/aromatic N) is 2. The number of hydrogen-bond acceptors (Lipinski definition) is 4. The predicted molar refractivity (Wildman–Crippen MR) is 100 cm³/mol. The first-order valence-corrected chi connectivity index (χ1v) is 10.7. The Bertz CT molecular complexity index is 962. The van der Waals surface area contributed by atoms with Gasteiger partial charge in [-0.2, -0.15) is 0 Å². The fraction of sp³-hybridized carbons (Fsp3) is 0.474. The first-order chi connectivity index (χ1) is 12.3. The maximum Gasteiger partial charge on any atom is 0.230 e. The highest BCUT2D eigenvalue weighted by atomic mass is 32.2. The van der Waals surface area contributed by atoms with Crippen molar-refractivity contribution in [2.75, 3.05) is 11.1 Å². The maximum atomic E-state index is 12.8. The molecule has 2 atom stereocenters. The Balaban J connectivity index is 1.50. The number of anilines is 1. The van der Waals surface area contributed by atoms with Crippen LogP contribution >= 0.6 is 0 Å². The van der Waals surface area contributed by atoms with Crippen LogP contribution in [-0.4, -0.2) is 34.9 Å². The van der Waals surface area contributed by atoms with Gasteiger partial charge in [-0.25, -0.2) is 13.4 Å². The van der Waals surface area contributed by atoms with Gasteiger partial charge < -0.3 is 9.88 Å². The van der Waals surface area contributed by atoms with Crippen LogP contribution in [0.25, 0.3) is 5.69 Å². The van der Waals surface area contributed by atoms with Crippen molar-refractivity contribution < 1.29 is 13.2 Å². The summed E-state index contributed by atoms with van der Waals surface area (Å²) in [4.78, 5) is 17.2. The number of imidazole rings is 1. The average Bonchev–Trinajstić information content (AvgIpc) is 3.17. The number of aromatic nitrogens is 2. The minimum atomic E-state index is -3.00. The standard InChI is InChI=1S/C19H23N3O3S/c1-13-14(2)22(12-20-13)16-5-3-15(4-6-16)21-18(23)19-8-7-17(11-19)26(24,25)10-9-19/h3-6,12,17H,7-11H2,1-2H3,(H,21,23). The molecule has 0 spiro atoms. The predicted octanol–water partition coefficient (Wildman–Crippen LogP) is 2.79. The zero-order valence-electron chi connectivity index (χ0n) is 15.0. The lowest BCUT2D eigenvalue weighted by atomic mass is 9.82. The third-order valence-electron chi connectivity index (χ3n) is 6.07. The van der Waals surface area contributed by atoms with E-state index in [1.54, 1.807) is 6.33 Å². The smallest absolute Gasteiger partial charge is 0.230 e. The highest BCUT2D eigenvalue weighted by Gasteiger charge is 2.53. The van der Waals surface area contributed by atoms with E-state index in [2.05, 4.69) is 10.3 Å². The fourth-order valence-electron chi connectivity index (χ4n) is 4.16. The van der Waals surface area contributed by atoms with Crippen LogP contribution in [0.5, 0.6) is 0 Å². The summed E-state index contributed by atoms with van der Waals surface area (Å²) < 4.78 is 26.1. The van der Waals surface area contributed by atoms with Gasteiger partial charge in [0.25, 0.3) is 0 Å². The van der Waals surface area contributed by atoms with Crippen molar-refractivity contribution in [2.45, 2.75) is 44.8 Å². The molecule has 6 nitrogen and oxygen atoms in total. The molecular formula is C19H23N3O3S. The van der Waals surface area contributed by atoms with Gasteiger partial charge in [0, 0.05) is 17.1 Å². The molecule has 138 valence electrons. The second kappa shape index (κ2) is 5.94. The van der Waals surface area contributed by atoms with Crippen molar-refractivity contribution in [1.29, 1.82) is 0 Å². The highest BCUT2D eigenvalue weighted by Crippen LogP contribution is 2.49. The van der Waals surface area contributed by atoms with Gasteiger partial charge in [-0.3, -0.25) is 4.79 Å². The van der Waals surface area contributed by atoms with E-state index in [1.165, 1.54) is 0 Å². The Hall–Kier alpha value is -2.15. The first-order valence-electron chi connectivity index (χ1n) is 8.95. The van der Waals surface area contributed by atoms with Gasteiger partial charge in [0.05, 0.1) is 28.4 Å².